The second-order valence-corrected chi connectivity index (χ2v) is 26.0. The van der Waals surface area contributed by atoms with Crippen molar-refractivity contribution >= 4 is 30.0 Å². The SMILES string of the molecule is CCCCCCCCCCCCC/C=C/[C@@H](OCc1ccc(OC)cc1)[C@H](CO[C@@H]1O[C@H](COC(=O)C(C)(C)C)[C@H](OC(=O)C(C)(C)C)[C@H](OC(=O)C(C)(C)C)[C@H]1OC(=O)C(C)(C)C)NC(=O)OCC1c2ccccc2-c2ccccc21. The lowest BCUT2D eigenvalue weighted by Gasteiger charge is -2.46. The Balaban J connectivity index is 1.54. The average Bonchev–Trinajstić information content (AvgIpc) is 3.92. The summed E-state index contributed by atoms with van der Waals surface area (Å²) in [6.45, 7) is 21.6. The first-order chi connectivity index (χ1) is 38.7. The average molecular weight is 1140 g/mol. The number of carbonyl (C=O) groups is 5. The molecule has 7 atom stereocenters. The van der Waals surface area contributed by atoms with E-state index in [1.165, 1.54) is 51.4 Å². The Morgan fingerprint density at radius 2 is 1.06 bits per heavy atom. The number of rotatable bonds is 29. The van der Waals surface area contributed by atoms with E-state index in [4.69, 9.17) is 42.6 Å². The van der Waals surface area contributed by atoms with Gasteiger partial charge in [0, 0.05) is 5.92 Å². The number of methoxy groups -OCH3 is 1. The molecule has 1 N–H and O–H groups in total. The molecule has 3 aromatic carbocycles. The third-order valence-electron chi connectivity index (χ3n) is 14.5. The van der Waals surface area contributed by atoms with Crippen LogP contribution in [0, 0.1) is 21.7 Å². The van der Waals surface area contributed by atoms with Gasteiger partial charge in [0.2, 0.25) is 0 Å². The van der Waals surface area contributed by atoms with E-state index < -0.39 is 101 Å². The van der Waals surface area contributed by atoms with Crippen molar-refractivity contribution in [1.82, 2.24) is 5.32 Å². The molecule has 1 heterocycles. The molecule has 0 radical (unpaired) electrons. The highest BCUT2D eigenvalue weighted by Gasteiger charge is 2.55. The number of esters is 4. The fraction of sp³-hybridized carbons (Fsp3) is 0.627. The summed E-state index contributed by atoms with van der Waals surface area (Å²) in [5, 5.41) is 3.07. The van der Waals surface area contributed by atoms with Crippen LogP contribution in [0.3, 0.4) is 0 Å². The van der Waals surface area contributed by atoms with Gasteiger partial charge in [-0.05, 0) is 136 Å². The van der Waals surface area contributed by atoms with E-state index >= 15 is 0 Å². The molecule has 0 saturated carbocycles. The van der Waals surface area contributed by atoms with Crippen LogP contribution in [0.2, 0.25) is 0 Å². The normalized spacial score (nSPS) is 19.1. The van der Waals surface area contributed by atoms with Crippen LogP contribution in [0.5, 0.6) is 5.75 Å². The van der Waals surface area contributed by atoms with Crippen molar-refractivity contribution in [1.29, 1.82) is 0 Å². The van der Waals surface area contributed by atoms with Gasteiger partial charge < -0.3 is 47.9 Å². The first kappa shape index (κ1) is 67.0. The molecule has 0 spiro atoms. The van der Waals surface area contributed by atoms with Crippen molar-refractivity contribution in [2.45, 2.75) is 222 Å². The minimum absolute atomic E-state index is 0.0283. The molecule has 15 heteroatoms. The second-order valence-electron chi connectivity index (χ2n) is 26.0. The molecule has 5 rings (SSSR count). The molecule has 0 bridgehead atoms. The molecule has 1 fully saturated rings. The van der Waals surface area contributed by atoms with Gasteiger partial charge in [0.15, 0.2) is 24.6 Å². The zero-order valence-corrected chi connectivity index (χ0v) is 51.7. The van der Waals surface area contributed by atoms with Gasteiger partial charge in [-0.3, -0.25) is 19.2 Å². The van der Waals surface area contributed by atoms with Crippen LogP contribution < -0.4 is 10.1 Å². The largest absolute Gasteiger partial charge is 0.497 e. The van der Waals surface area contributed by atoms with E-state index in [1.807, 2.05) is 66.7 Å². The van der Waals surface area contributed by atoms with E-state index in [2.05, 4.69) is 30.4 Å². The third kappa shape index (κ3) is 20.5. The number of ether oxygens (including phenoxy) is 9. The number of amides is 1. The summed E-state index contributed by atoms with van der Waals surface area (Å²) in [4.78, 5) is 70.0. The van der Waals surface area contributed by atoms with Crippen LogP contribution in [0.25, 0.3) is 11.1 Å². The molecular weight excluding hydrogens is 1040 g/mol. The molecule has 1 amide bonds. The first-order valence-electron chi connectivity index (χ1n) is 29.8. The van der Waals surface area contributed by atoms with Crippen molar-refractivity contribution in [3.8, 4) is 16.9 Å². The number of fused-ring (bicyclic) bond motifs is 3. The number of nitrogens with one attached hydrogen (secondary N) is 1. The van der Waals surface area contributed by atoms with Crippen molar-refractivity contribution in [2.75, 3.05) is 26.9 Å². The Morgan fingerprint density at radius 1 is 0.573 bits per heavy atom. The predicted octanol–water partition coefficient (Wildman–Crippen LogP) is 13.9. The van der Waals surface area contributed by atoms with E-state index in [-0.39, 0.29) is 25.7 Å². The summed E-state index contributed by atoms with van der Waals surface area (Å²) in [7, 11) is 1.60. The van der Waals surface area contributed by atoms with E-state index in [0.29, 0.717) is 5.75 Å². The van der Waals surface area contributed by atoms with Crippen LogP contribution in [0.15, 0.2) is 84.9 Å². The summed E-state index contributed by atoms with van der Waals surface area (Å²) >= 11 is 0. The third-order valence-corrected chi connectivity index (χ3v) is 14.5. The van der Waals surface area contributed by atoms with Crippen LogP contribution in [-0.2, 0) is 63.7 Å². The van der Waals surface area contributed by atoms with Crippen LogP contribution in [-0.4, -0.2) is 99.8 Å². The number of hydrogen-bond donors (Lipinski definition) is 1. The number of alkyl carbamates (subject to hydrolysis) is 1. The molecule has 82 heavy (non-hydrogen) atoms. The summed E-state index contributed by atoms with van der Waals surface area (Å²) in [5.74, 6) is -2.23. The van der Waals surface area contributed by atoms with Crippen LogP contribution in [0.1, 0.15) is 190 Å². The number of unbranched alkanes of at least 4 members (excludes halogenated alkanes) is 11. The van der Waals surface area contributed by atoms with Crippen molar-refractivity contribution < 1.29 is 66.6 Å². The zero-order chi connectivity index (χ0) is 60.3. The van der Waals surface area contributed by atoms with Crippen LogP contribution in [0.4, 0.5) is 4.79 Å². The fourth-order valence-corrected chi connectivity index (χ4v) is 9.41. The minimum Gasteiger partial charge on any atom is -0.497 e. The molecule has 3 aromatic rings. The number of carbonyl (C=O) groups excluding carboxylic acids is 5. The first-order valence-corrected chi connectivity index (χ1v) is 29.8. The molecule has 0 unspecified atom stereocenters. The summed E-state index contributed by atoms with van der Waals surface area (Å²) in [6, 6.07) is 22.6. The number of benzene rings is 3. The van der Waals surface area contributed by atoms with E-state index in [9.17, 15) is 24.0 Å². The molecular formula is C67H97NO14. The lowest BCUT2D eigenvalue weighted by atomic mass is 9.93. The van der Waals surface area contributed by atoms with E-state index in [1.54, 1.807) is 90.2 Å². The smallest absolute Gasteiger partial charge is 0.407 e. The quantitative estimate of drug-likeness (QED) is 0.0300. The lowest BCUT2D eigenvalue weighted by molar-refractivity contribution is -0.313. The molecule has 15 nitrogen and oxygen atoms in total. The maximum absolute atomic E-state index is 14.5. The summed E-state index contributed by atoms with van der Waals surface area (Å²) < 4.78 is 56.4. The second kappa shape index (κ2) is 31.2. The Morgan fingerprint density at radius 3 is 1.57 bits per heavy atom. The number of hydrogen-bond acceptors (Lipinski definition) is 14. The summed E-state index contributed by atoms with van der Waals surface area (Å²) in [5.41, 5.74) is 0.904. The van der Waals surface area contributed by atoms with Crippen molar-refractivity contribution in [3.05, 3.63) is 102 Å². The highest BCUT2D eigenvalue weighted by molar-refractivity contribution is 5.80. The minimum atomic E-state index is -1.58. The molecule has 0 aromatic heterocycles. The molecule has 1 saturated heterocycles. The van der Waals surface area contributed by atoms with Gasteiger partial charge in [0.1, 0.15) is 25.1 Å². The van der Waals surface area contributed by atoms with Crippen molar-refractivity contribution in [3.63, 3.8) is 0 Å². The van der Waals surface area contributed by atoms with Gasteiger partial charge in [0.25, 0.3) is 0 Å². The van der Waals surface area contributed by atoms with Gasteiger partial charge in [-0.2, -0.15) is 0 Å². The fourth-order valence-electron chi connectivity index (χ4n) is 9.41. The van der Waals surface area contributed by atoms with Gasteiger partial charge in [0.05, 0.1) is 54.1 Å². The Hall–Kier alpha value is -5.77. The summed E-state index contributed by atoms with van der Waals surface area (Å²) in [6.07, 6.45) is 8.92. The topological polar surface area (TPSA) is 180 Å². The highest BCUT2D eigenvalue weighted by atomic mass is 16.7. The van der Waals surface area contributed by atoms with Gasteiger partial charge in [-0.1, -0.05) is 144 Å². The highest BCUT2D eigenvalue weighted by Crippen LogP contribution is 2.45. The predicted molar refractivity (Wildman–Crippen MR) is 317 cm³/mol. The number of allylic oxidation sites excluding steroid dienone is 1. The van der Waals surface area contributed by atoms with Gasteiger partial charge in [-0.25, -0.2) is 4.79 Å². The van der Waals surface area contributed by atoms with Crippen LogP contribution >= 0.6 is 0 Å². The van der Waals surface area contributed by atoms with Gasteiger partial charge >= 0.3 is 30.0 Å². The standard InChI is InChI=1S/C67H97NO14/c1-15-16-17-18-19-20-21-22-23-24-25-26-27-36-53(75-41-45-37-39-46(74-14)40-38-45)52(68-63(73)78-42-51-49-34-30-28-32-47(49)48-33-29-31-35-50(48)51)43-76-58-57(82-62(72)67(11,12)13)56(81-61(71)66(8,9)10)55(80-60(70)65(5,6)7)54(79-58)44-77-59(69)64(2,3)4/h27-40,51-58H,15-26,41-44H2,1-14H3,(H,68,73)/b36-27+/t52-,53+,54+,55-,56-,57+,58+/m0/s1. The monoisotopic (exact) mass is 1140 g/mol. The van der Waals surface area contributed by atoms with Gasteiger partial charge in [-0.15, -0.1) is 0 Å². The zero-order valence-electron chi connectivity index (χ0n) is 51.7. The Labute approximate surface area is 489 Å². The molecule has 1 aliphatic heterocycles. The van der Waals surface area contributed by atoms with Crippen molar-refractivity contribution in [2.24, 2.45) is 21.7 Å². The Bertz CT molecular complexity index is 2480. The maximum atomic E-state index is 14.5. The Kier molecular flexibility index (Phi) is 25.5. The lowest BCUT2D eigenvalue weighted by Crippen LogP contribution is -2.64. The molecule has 1 aliphatic carbocycles. The molecule has 2 aliphatic rings. The molecule has 454 valence electrons. The van der Waals surface area contributed by atoms with E-state index in [0.717, 1.165) is 53.5 Å². The maximum Gasteiger partial charge on any atom is 0.407 e.